The summed E-state index contributed by atoms with van der Waals surface area (Å²) in [6, 6.07) is 0.119. The van der Waals surface area contributed by atoms with Crippen LogP contribution in [0.2, 0.25) is 0 Å². The second-order valence-corrected chi connectivity index (χ2v) is 4.95. The van der Waals surface area contributed by atoms with E-state index in [0.717, 1.165) is 31.5 Å². The zero-order valence-corrected chi connectivity index (χ0v) is 10.6. The highest BCUT2D eigenvalue weighted by Crippen LogP contribution is 2.31. The van der Waals surface area contributed by atoms with E-state index < -0.39 is 0 Å². The van der Waals surface area contributed by atoms with Gasteiger partial charge in [0, 0.05) is 13.1 Å². The smallest absolute Gasteiger partial charge is 0.308 e. The third-order valence-corrected chi connectivity index (χ3v) is 3.88. The predicted molar refractivity (Wildman–Crippen MR) is 64.5 cm³/mol. The molecule has 0 amide bonds. The zero-order chi connectivity index (χ0) is 12.4. The van der Waals surface area contributed by atoms with Crippen molar-refractivity contribution >= 4 is 5.97 Å². The lowest BCUT2D eigenvalue weighted by atomic mass is 10.0. The molecule has 2 aliphatic rings. The normalized spacial score (nSPS) is 29.9. The number of rotatable bonds is 4. The van der Waals surface area contributed by atoms with E-state index in [1.165, 1.54) is 0 Å². The first-order valence-electron chi connectivity index (χ1n) is 6.41. The Hall–Kier alpha value is -0.870. The van der Waals surface area contributed by atoms with Crippen LogP contribution in [0.25, 0.3) is 0 Å². The summed E-state index contributed by atoms with van der Waals surface area (Å²) in [6.07, 6.45) is 3.66. The summed E-state index contributed by atoms with van der Waals surface area (Å²) in [4.78, 5) is 14.1. The van der Waals surface area contributed by atoms with Gasteiger partial charge in [-0.1, -0.05) is 19.9 Å². The van der Waals surface area contributed by atoms with Crippen molar-refractivity contribution in [2.75, 3.05) is 19.7 Å². The second kappa shape index (κ2) is 5.19. The molecule has 0 saturated carbocycles. The average Bonchev–Trinajstić information content (AvgIpc) is 2.90. The second-order valence-electron chi connectivity index (χ2n) is 4.95. The van der Waals surface area contributed by atoms with Crippen molar-refractivity contribution in [1.82, 2.24) is 4.90 Å². The molecule has 2 heterocycles. The Balaban J connectivity index is 1.98. The standard InChI is InChI=1S/C13H21NO3/c1-3-9(2)13(16)17-11-5-7-14-6-4-10(8-15)12(11)14/h4,9,11-12,15H,3,5-8H2,1-2H3/t9?,11-,12?/m1/s1. The number of hydrogen-bond donors (Lipinski definition) is 1. The zero-order valence-electron chi connectivity index (χ0n) is 10.6. The van der Waals surface area contributed by atoms with E-state index in [-0.39, 0.29) is 30.6 Å². The minimum absolute atomic E-state index is 0.0352. The van der Waals surface area contributed by atoms with Crippen LogP contribution in [0, 0.1) is 5.92 Å². The lowest BCUT2D eigenvalue weighted by Crippen LogP contribution is -2.36. The largest absolute Gasteiger partial charge is 0.460 e. The van der Waals surface area contributed by atoms with E-state index in [4.69, 9.17) is 4.74 Å². The fraction of sp³-hybridized carbons (Fsp3) is 0.769. The Morgan fingerprint density at radius 1 is 1.71 bits per heavy atom. The molecule has 2 rings (SSSR count). The molecular formula is C13H21NO3. The van der Waals surface area contributed by atoms with Crippen LogP contribution in [0.15, 0.2) is 11.6 Å². The van der Waals surface area contributed by atoms with Crippen LogP contribution in [0.5, 0.6) is 0 Å². The Morgan fingerprint density at radius 3 is 3.12 bits per heavy atom. The fourth-order valence-corrected chi connectivity index (χ4v) is 2.57. The molecule has 3 atom stereocenters. The summed E-state index contributed by atoms with van der Waals surface area (Å²) >= 11 is 0. The third-order valence-electron chi connectivity index (χ3n) is 3.88. The molecule has 1 fully saturated rings. The maximum Gasteiger partial charge on any atom is 0.308 e. The first-order valence-corrected chi connectivity index (χ1v) is 6.41. The molecule has 4 heteroatoms. The Morgan fingerprint density at radius 2 is 2.47 bits per heavy atom. The number of nitrogens with zero attached hydrogens (tertiary/aromatic N) is 1. The van der Waals surface area contributed by atoms with Gasteiger partial charge in [0.25, 0.3) is 0 Å². The van der Waals surface area contributed by atoms with Crippen LogP contribution in [0.4, 0.5) is 0 Å². The summed E-state index contributed by atoms with van der Waals surface area (Å²) in [6.45, 7) is 5.77. The molecule has 0 bridgehead atoms. The number of fused-ring (bicyclic) bond motifs is 1. The van der Waals surface area contributed by atoms with Gasteiger partial charge in [0.1, 0.15) is 6.10 Å². The van der Waals surface area contributed by atoms with Crippen molar-refractivity contribution in [2.45, 2.75) is 38.8 Å². The quantitative estimate of drug-likeness (QED) is 0.586. The highest BCUT2D eigenvalue weighted by atomic mass is 16.5. The van der Waals surface area contributed by atoms with Crippen molar-refractivity contribution in [1.29, 1.82) is 0 Å². The average molecular weight is 239 g/mol. The Bertz CT molecular complexity index is 327. The highest BCUT2D eigenvalue weighted by molar-refractivity contribution is 5.72. The lowest BCUT2D eigenvalue weighted by Gasteiger charge is -2.24. The van der Waals surface area contributed by atoms with Gasteiger partial charge in [-0.2, -0.15) is 0 Å². The van der Waals surface area contributed by atoms with E-state index >= 15 is 0 Å². The number of carbonyl (C=O) groups excluding carboxylic acids is 1. The van der Waals surface area contributed by atoms with Gasteiger partial charge in [-0.3, -0.25) is 9.69 Å². The van der Waals surface area contributed by atoms with Crippen LogP contribution >= 0.6 is 0 Å². The maximum absolute atomic E-state index is 11.8. The molecule has 0 radical (unpaired) electrons. The SMILES string of the molecule is CCC(C)C(=O)O[C@@H]1CCN2CC=C(CO)C12. The fourth-order valence-electron chi connectivity index (χ4n) is 2.57. The monoisotopic (exact) mass is 239 g/mol. The first kappa shape index (κ1) is 12.6. The first-order chi connectivity index (χ1) is 8.17. The van der Waals surface area contributed by atoms with Crippen molar-refractivity contribution in [3.63, 3.8) is 0 Å². The molecule has 0 aromatic rings. The molecule has 0 aromatic heterocycles. The van der Waals surface area contributed by atoms with E-state index in [0.29, 0.717) is 0 Å². The van der Waals surface area contributed by atoms with Crippen LogP contribution in [-0.4, -0.2) is 47.8 Å². The summed E-state index contributed by atoms with van der Waals surface area (Å²) < 4.78 is 5.58. The van der Waals surface area contributed by atoms with Crippen molar-refractivity contribution in [3.8, 4) is 0 Å². The molecule has 0 aromatic carbocycles. The summed E-state index contributed by atoms with van der Waals surface area (Å²) in [5, 5.41) is 9.28. The molecule has 2 unspecified atom stereocenters. The number of hydrogen-bond acceptors (Lipinski definition) is 4. The number of esters is 1. The molecule has 2 aliphatic heterocycles. The molecule has 0 aliphatic carbocycles. The van der Waals surface area contributed by atoms with Crippen molar-refractivity contribution < 1.29 is 14.6 Å². The lowest BCUT2D eigenvalue weighted by molar-refractivity contribution is -0.154. The summed E-state index contributed by atoms with van der Waals surface area (Å²) in [5.74, 6) is -0.143. The molecule has 1 N–H and O–H groups in total. The van der Waals surface area contributed by atoms with Crippen LogP contribution < -0.4 is 0 Å². The van der Waals surface area contributed by atoms with Gasteiger partial charge in [-0.15, -0.1) is 0 Å². The molecular weight excluding hydrogens is 218 g/mol. The molecule has 17 heavy (non-hydrogen) atoms. The Kier molecular flexibility index (Phi) is 3.84. The van der Waals surface area contributed by atoms with E-state index in [1.54, 1.807) is 0 Å². The summed E-state index contributed by atoms with van der Waals surface area (Å²) in [7, 11) is 0. The third kappa shape index (κ3) is 2.38. The van der Waals surface area contributed by atoms with Gasteiger partial charge < -0.3 is 9.84 Å². The van der Waals surface area contributed by atoms with Gasteiger partial charge >= 0.3 is 5.97 Å². The van der Waals surface area contributed by atoms with E-state index in [1.807, 2.05) is 19.9 Å². The number of carbonyl (C=O) groups is 1. The van der Waals surface area contributed by atoms with Crippen molar-refractivity contribution in [2.24, 2.45) is 5.92 Å². The van der Waals surface area contributed by atoms with Crippen LogP contribution in [0.3, 0.4) is 0 Å². The molecule has 1 saturated heterocycles. The van der Waals surface area contributed by atoms with Gasteiger partial charge in [0.2, 0.25) is 0 Å². The highest BCUT2D eigenvalue weighted by Gasteiger charge is 2.41. The van der Waals surface area contributed by atoms with Gasteiger partial charge in [0.05, 0.1) is 18.6 Å². The minimum Gasteiger partial charge on any atom is -0.460 e. The maximum atomic E-state index is 11.8. The Labute approximate surface area is 102 Å². The molecule has 4 nitrogen and oxygen atoms in total. The van der Waals surface area contributed by atoms with E-state index in [2.05, 4.69) is 4.90 Å². The predicted octanol–water partition coefficient (Wildman–Crippen LogP) is 0.951. The van der Waals surface area contributed by atoms with E-state index in [9.17, 15) is 9.90 Å². The number of ether oxygens (including phenoxy) is 1. The minimum atomic E-state index is -0.108. The van der Waals surface area contributed by atoms with Gasteiger partial charge in [-0.25, -0.2) is 0 Å². The van der Waals surface area contributed by atoms with Crippen LogP contribution in [-0.2, 0) is 9.53 Å². The number of aliphatic hydroxyl groups is 1. The topological polar surface area (TPSA) is 49.8 Å². The molecule has 96 valence electrons. The van der Waals surface area contributed by atoms with Crippen LogP contribution in [0.1, 0.15) is 26.7 Å². The van der Waals surface area contributed by atoms with Gasteiger partial charge in [-0.05, 0) is 18.4 Å². The summed E-state index contributed by atoms with van der Waals surface area (Å²) in [5.41, 5.74) is 1.00. The van der Waals surface area contributed by atoms with Gasteiger partial charge in [0.15, 0.2) is 0 Å². The number of aliphatic hydroxyl groups excluding tert-OH is 1. The van der Waals surface area contributed by atoms with Crippen molar-refractivity contribution in [3.05, 3.63) is 11.6 Å². The molecule has 0 spiro atoms.